The van der Waals surface area contributed by atoms with Gasteiger partial charge in [0.1, 0.15) is 6.10 Å². The van der Waals surface area contributed by atoms with Crippen LogP contribution in [-0.4, -0.2) is 58.1 Å². The number of pyridine rings is 1. The number of hydrogen-bond acceptors (Lipinski definition) is 6. The molecule has 2 aromatic heterocycles. The molecule has 0 saturated heterocycles. The summed E-state index contributed by atoms with van der Waals surface area (Å²) in [6.45, 7) is 10.1. The SMILES string of the molecule is C=C/C(C#CC(O)CCN(C)C=O)=C\C(=C/C)c1cc2ccn(SI)c2c(C(=O)OC)n1.CC. The number of hydrogen-bond donors (Lipinski definition) is 1. The van der Waals surface area contributed by atoms with Crippen LogP contribution in [-0.2, 0) is 9.53 Å². The number of ether oxygens (including phenoxy) is 1. The third-order valence-corrected chi connectivity index (χ3v) is 6.27. The molecule has 1 unspecified atom stereocenters. The lowest BCUT2D eigenvalue weighted by molar-refractivity contribution is -0.117. The summed E-state index contributed by atoms with van der Waals surface area (Å²) >= 11 is 2.14. The van der Waals surface area contributed by atoms with Crippen molar-refractivity contribution in [3.05, 3.63) is 60.1 Å². The van der Waals surface area contributed by atoms with Gasteiger partial charge in [0.05, 0.1) is 18.3 Å². The number of carbonyl (C=O) groups is 2. The van der Waals surface area contributed by atoms with Crippen LogP contribution in [0.1, 0.15) is 43.4 Å². The van der Waals surface area contributed by atoms with Crippen LogP contribution in [0.4, 0.5) is 0 Å². The summed E-state index contributed by atoms with van der Waals surface area (Å²) in [5.74, 6) is 5.16. The molecular formula is C25H30IN3O4S. The van der Waals surface area contributed by atoms with E-state index in [9.17, 15) is 14.7 Å². The fourth-order valence-electron chi connectivity index (χ4n) is 2.82. The Balaban J connectivity index is 0.00000281. The average Bonchev–Trinajstić information content (AvgIpc) is 3.30. The van der Waals surface area contributed by atoms with E-state index >= 15 is 0 Å². The summed E-state index contributed by atoms with van der Waals surface area (Å²) in [7, 11) is 4.40. The van der Waals surface area contributed by atoms with Crippen molar-refractivity contribution in [2.24, 2.45) is 0 Å². The molecule has 0 aliphatic rings. The van der Waals surface area contributed by atoms with Gasteiger partial charge in [-0.05, 0) is 30.7 Å². The minimum absolute atomic E-state index is 0.225. The highest BCUT2D eigenvalue weighted by atomic mass is 127. The Bertz CT molecular complexity index is 1130. The largest absolute Gasteiger partial charge is 0.464 e. The quantitative estimate of drug-likeness (QED) is 0.144. The van der Waals surface area contributed by atoms with E-state index in [1.165, 1.54) is 21.1 Å². The lowest BCUT2D eigenvalue weighted by Gasteiger charge is -2.10. The molecule has 1 atom stereocenters. The molecule has 0 bridgehead atoms. The van der Waals surface area contributed by atoms with Gasteiger partial charge in [-0.15, -0.1) is 0 Å². The molecule has 0 fully saturated rings. The van der Waals surface area contributed by atoms with Crippen molar-refractivity contribution in [1.82, 2.24) is 13.9 Å². The van der Waals surface area contributed by atoms with E-state index in [1.807, 2.05) is 49.1 Å². The standard InChI is InChI=1S/C23H24IN3O4S.C2H6/c1-5-16(7-8-19(29)10-11-26(3)15-28)13-17(6-2)20-14-18-9-12-27(32-24)22(18)21(25-20)23(30)31-4;1-2/h5-6,9,12-15,19,29H,1,10-11H2,2-4H3;1-2H3/b16-13+,17-6+;. The number of allylic oxidation sites excluding steroid dienone is 5. The molecule has 9 heteroatoms. The highest BCUT2D eigenvalue weighted by molar-refractivity contribution is 14.2. The zero-order valence-corrected chi connectivity index (χ0v) is 23.0. The van der Waals surface area contributed by atoms with E-state index in [4.69, 9.17) is 4.74 Å². The number of aliphatic hydroxyl groups excluding tert-OH is 1. The van der Waals surface area contributed by atoms with Crippen LogP contribution in [0.5, 0.6) is 0 Å². The van der Waals surface area contributed by atoms with Crippen LogP contribution in [0, 0.1) is 11.8 Å². The summed E-state index contributed by atoms with van der Waals surface area (Å²) in [6, 6.07) is 3.81. The Morgan fingerprint density at radius 2 is 2.18 bits per heavy atom. The van der Waals surface area contributed by atoms with Crippen molar-refractivity contribution in [3.8, 4) is 11.8 Å². The Morgan fingerprint density at radius 3 is 2.74 bits per heavy atom. The van der Waals surface area contributed by atoms with Crippen molar-refractivity contribution in [2.45, 2.75) is 33.3 Å². The van der Waals surface area contributed by atoms with Gasteiger partial charge in [-0.1, -0.05) is 44.4 Å². The Labute approximate surface area is 217 Å². The number of aliphatic hydroxyl groups is 1. The number of halogens is 1. The van der Waals surface area contributed by atoms with Crippen molar-refractivity contribution in [3.63, 3.8) is 0 Å². The van der Waals surface area contributed by atoms with E-state index in [-0.39, 0.29) is 5.69 Å². The van der Waals surface area contributed by atoms with Crippen molar-refractivity contribution in [1.29, 1.82) is 0 Å². The second-order valence-electron chi connectivity index (χ2n) is 6.70. The Hall–Kier alpha value is -2.55. The van der Waals surface area contributed by atoms with E-state index in [1.54, 1.807) is 19.2 Å². The maximum Gasteiger partial charge on any atom is 0.358 e. The molecule has 1 N–H and O–H groups in total. The van der Waals surface area contributed by atoms with Crippen molar-refractivity contribution >= 4 is 59.2 Å². The molecule has 0 aliphatic carbocycles. The molecule has 7 nitrogen and oxygen atoms in total. The predicted molar refractivity (Wildman–Crippen MR) is 148 cm³/mol. The minimum atomic E-state index is -0.874. The highest BCUT2D eigenvalue weighted by Crippen LogP contribution is 2.30. The van der Waals surface area contributed by atoms with E-state index in [2.05, 4.69) is 44.6 Å². The minimum Gasteiger partial charge on any atom is -0.464 e. The van der Waals surface area contributed by atoms with Gasteiger partial charge >= 0.3 is 5.97 Å². The first-order chi connectivity index (χ1) is 16.4. The van der Waals surface area contributed by atoms with Crippen LogP contribution < -0.4 is 0 Å². The number of aromatic nitrogens is 2. The van der Waals surface area contributed by atoms with Crippen LogP contribution in [0.2, 0.25) is 0 Å². The summed E-state index contributed by atoms with van der Waals surface area (Å²) in [5, 5.41) is 10.9. The van der Waals surface area contributed by atoms with Crippen LogP contribution in [0.25, 0.3) is 16.5 Å². The number of carbonyl (C=O) groups excluding carboxylic acids is 2. The van der Waals surface area contributed by atoms with Crippen molar-refractivity contribution in [2.75, 3.05) is 20.7 Å². The fourth-order valence-corrected chi connectivity index (χ4v) is 4.17. The van der Waals surface area contributed by atoms with Gasteiger partial charge in [0, 0.05) is 67.5 Å². The lowest BCUT2D eigenvalue weighted by Crippen LogP contribution is -2.21. The van der Waals surface area contributed by atoms with Gasteiger partial charge in [0.2, 0.25) is 6.41 Å². The molecule has 0 aliphatic heterocycles. The molecule has 0 aromatic carbocycles. The Morgan fingerprint density at radius 1 is 1.47 bits per heavy atom. The Kier molecular flexibility index (Phi) is 13.3. The molecule has 0 spiro atoms. The molecular weight excluding hydrogens is 565 g/mol. The first-order valence-corrected chi connectivity index (χ1v) is 14.0. The molecule has 0 saturated carbocycles. The third-order valence-electron chi connectivity index (χ3n) is 4.54. The van der Waals surface area contributed by atoms with Crippen LogP contribution >= 0.6 is 30.3 Å². The number of amides is 1. The number of methoxy groups -OCH3 is 1. The van der Waals surface area contributed by atoms with E-state index < -0.39 is 12.1 Å². The summed E-state index contributed by atoms with van der Waals surface area (Å²) < 4.78 is 6.80. The smallest absolute Gasteiger partial charge is 0.358 e. The number of rotatable bonds is 9. The second-order valence-corrected chi connectivity index (χ2v) is 8.42. The summed E-state index contributed by atoms with van der Waals surface area (Å²) in [5.41, 5.74) is 2.83. The van der Waals surface area contributed by atoms with E-state index in [0.717, 1.165) is 11.0 Å². The number of fused-ring (bicyclic) bond motifs is 1. The molecule has 0 radical (unpaired) electrons. The van der Waals surface area contributed by atoms with Gasteiger partial charge in [-0.2, -0.15) is 0 Å². The van der Waals surface area contributed by atoms with Gasteiger partial charge in [0.25, 0.3) is 0 Å². The van der Waals surface area contributed by atoms with Gasteiger partial charge in [-0.25, -0.2) is 9.78 Å². The highest BCUT2D eigenvalue weighted by Gasteiger charge is 2.19. The lowest BCUT2D eigenvalue weighted by atomic mass is 10.1. The molecule has 1 amide bonds. The zero-order valence-electron chi connectivity index (χ0n) is 20.0. The zero-order chi connectivity index (χ0) is 25.7. The van der Waals surface area contributed by atoms with Crippen LogP contribution in [0.3, 0.4) is 0 Å². The van der Waals surface area contributed by atoms with Gasteiger partial charge < -0.3 is 14.7 Å². The normalized spacial score (nSPS) is 12.1. The van der Waals surface area contributed by atoms with Gasteiger partial charge in [0.15, 0.2) is 5.69 Å². The van der Waals surface area contributed by atoms with Crippen LogP contribution in [0.15, 0.2) is 48.7 Å². The maximum atomic E-state index is 12.4. The molecule has 2 aromatic rings. The second kappa shape index (κ2) is 15.4. The van der Waals surface area contributed by atoms with Gasteiger partial charge in [-0.3, -0.25) is 8.77 Å². The predicted octanol–water partition coefficient (Wildman–Crippen LogP) is 5.05. The number of esters is 1. The molecule has 182 valence electrons. The third kappa shape index (κ3) is 8.04. The molecule has 2 rings (SSSR count). The first kappa shape index (κ1) is 29.5. The topological polar surface area (TPSA) is 84.7 Å². The summed E-state index contributed by atoms with van der Waals surface area (Å²) in [4.78, 5) is 29.1. The maximum absolute atomic E-state index is 12.4. The van der Waals surface area contributed by atoms with E-state index in [0.29, 0.717) is 36.2 Å². The van der Waals surface area contributed by atoms with Crippen molar-refractivity contribution < 1.29 is 19.4 Å². The fraction of sp³-hybridized carbons (Fsp3) is 0.320. The average molecular weight is 596 g/mol. The molecule has 2 heterocycles. The first-order valence-electron chi connectivity index (χ1n) is 10.6. The summed E-state index contributed by atoms with van der Waals surface area (Å²) in [6.07, 6.45) is 7.28. The molecule has 34 heavy (non-hydrogen) atoms. The number of nitrogens with zero attached hydrogens (tertiary/aromatic N) is 3. The monoisotopic (exact) mass is 595 g/mol.